The molecule has 1 heterocycles. The summed E-state index contributed by atoms with van der Waals surface area (Å²) < 4.78 is 5.37. The average Bonchev–Trinajstić information content (AvgIpc) is 2.64. The van der Waals surface area contributed by atoms with E-state index in [9.17, 15) is 4.79 Å². The Morgan fingerprint density at radius 2 is 1.88 bits per heavy atom. The standard InChI is InChI=1S/C21H22N2O2S/c1-4-25-20(24)17-18(15-8-6-5-7-9-15)22-21(26)23-19(17)16-12-13(2)10-11-14(16)3/h5-12,19H,4H2,1-3H3,(H2,22,23,26)/t19-/m0/s1. The number of aryl methyl sites for hydroxylation is 2. The lowest BCUT2D eigenvalue weighted by Crippen LogP contribution is -2.45. The van der Waals surface area contributed by atoms with Gasteiger partial charge in [0.25, 0.3) is 0 Å². The quantitative estimate of drug-likeness (QED) is 0.637. The summed E-state index contributed by atoms with van der Waals surface area (Å²) in [4.78, 5) is 12.9. The van der Waals surface area contributed by atoms with Crippen LogP contribution in [0, 0.1) is 13.8 Å². The third-order valence-corrected chi connectivity index (χ3v) is 4.60. The molecule has 0 saturated heterocycles. The largest absolute Gasteiger partial charge is 0.463 e. The highest BCUT2D eigenvalue weighted by atomic mass is 32.1. The molecule has 0 unspecified atom stereocenters. The van der Waals surface area contributed by atoms with Crippen molar-refractivity contribution < 1.29 is 9.53 Å². The summed E-state index contributed by atoms with van der Waals surface area (Å²) in [6.07, 6.45) is 0. The highest BCUT2D eigenvalue weighted by molar-refractivity contribution is 7.80. The Morgan fingerprint density at radius 1 is 1.15 bits per heavy atom. The van der Waals surface area contributed by atoms with Crippen LogP contribution in [0.2, 0.25) is 0 Å². The number of thiocarbonyl (C=S) groups is 1. The first kappa shape index (κ1) is 18.1. The van der Waals surface area contributed by atoms with E-state index in [1.807, 2.05) is 51.1 Å². The van der Waals surface area contributed by atoms with Gasteiger partial charge in [-0.05, 0) is 49.7 Å². The molecule has 2 N–H and O–H groups in total. The average molecular weight is 366 g/mol. The number of ether oxygens (including phenoxy) is 1. The number of esters is 1. The van der Waals surface area contributed by atoms with E-state index in [0.717, 1.165) is 22.3 Å². The van der Waals surface area contributed by atoms with Crippen molar-refractivity contribution >= 4 is 29.0 Å². The van der Waals surface area contributed by atoms with Crippen LogP contribution in [0.1, 0.15) is 35.2 Å². The normalized spacial score (nSPS) is 16.7. The topological polar surface area (TPSA) is 50.4 Å². The van der Waals surface area contributed by atoms with Crippen molar-refractivity contribution in [2.75, 3.05) is 6.61 Å². The number of hydrogen-bond acceptors (Lipinski definition) is 3. The SMILES string of the molecule is CCOC(=O)C1=C(c2ccccc2)NC(=S)N[C@H]1c1cc(C)ccc1C. The van der Waals surface area contributed by atoms with Gasteiger partial charge in [-0.15, -0.1) is 0 Å². The lowest BCUT2D eigenvalue weighted by molar-refractivity contribution is -0.138. The molecule has 1 aliphatic heterocycles. The third-order valence-electron chi connectivity index (χ3n) is 4.38. The molecule has 0 saturated carbocycles. The second kappa shape index (κ2) is 7.70. The highest BCUT2D eigenvalue weighted by Gasteiger charge is 2.33. The zero-order valence-corrected chi connectivity index (χ0v) is 15.9. The van der Waals surface area contributed by atoms with Crippen LogP contribution < -0.4 is 10.6 Å². The fraction of sp³-hybridized carbons (Fsp3) is 0.238. The van der Waals surface area contributed by atoms with Crippen LogP contribution in [0.4, 0.5) is 0 Å². The van der Waals surface area contributed by atoms with Crippen LogP contribution >= 0.6 is 12.2 Å². The molecule has 0 fully saturated rings. The number of nitrogens with one attached hydrogen (secondary N) is 2. The molecule has 0 bridgehead atoms. The van der Waals surface area contributed by atoms with Gasteiger partial charge in [0.15, 0.2) is 5.11 Å². The number of carbonyl (C=O) groups excluding carboxylic acids is 1. The van der Waals surface area contributed by atoms with Gasteiger partial charge in [-0.25, -0.2) is 4.79 Å². The lowest BCUT2D eigenvalue weighted by Gasteiger charge is -2.32. The van der Waals surface area contributed by atoms with Crippen molar-refractivity contribution in [3.05, 3.63) is 76.4 Å². The van der Waals surface area contributed by atoms with Gasteiger partial charge in [0, 0.05) is 0 Å². The van der Waals surface area contributed by atoms with Gasteiger partial charge in [-0.1, -0.05) is 54.1 Å². The summed E-state index contributed by atoms with van der Waals surface area (Å²) in [6, 6.07) is 15.6. The van der Waals surface area contributed by atoms with Crippen LogP contribution in [0.25, 0.3) is 5.70 Å². The Morgan fingerprint density at radius 3 is 2.58 bits per heavy atom. The van der Waals surface area contributed by atoms with Gasteiger partial charge in [-0.3, -0.25) is 0 Å². The Bertz CT molecular complexity index is 875. The Kier molecular flexibility index (Phi) is 5.38. The maximum Gasteiger partial charge on any atom is 0.338 e. The molecule has 3 rings (SSSR count). The molecule has 1 atom stereocenters. The number of rotatable bonds is 4. The van der Waals surface area contributed by atoms with Crippen molar-refractivity contribution in [3.63, 3.8) is 0 Å². The Balaban J connectivity index is 2.22. The van der Waals surface area contributed by atoms with Gasteiger partial charge in [-0.2, -0.15) is 0 Å². The van der Waals surface area contributed by atoms with Gasteiger partial charge in [0.05, 0.1) is 23.9 Å². The molecule has 0 aliphatic carbocycles. The predicted octanol–water partition coefficient (Wildman–Crippen LogP) is 3.80. The molecule has 2 aromatic rings. The summed E-state index contributed by atoms with van der Waals surface area (Å²) in [6.45, 7) is 6.19. The second-order valence-corrected chi connectivity index (χ2v) is 6.67. The van der Waals surface area contributed by atoms with Crippen molar-refractivity contribution in [1.29, 1.82) is 0 Å². The zero-order chi connectivity index (χ0) is 18.7. The van der Waals surface area contributed by atoms with Gasteiger partial charge in [0.2, 0.25) is 0 Å². The summed E-state index contributed by atoms with van der Waals surface area (Å²) in [5, 5.41) is 6.90. The Labute approximate surface area is 159 Å². The van der Waals surface area contributed by atoms with E-state index in [-0.39, 0.29) is 12.0 Å². The van der Waals surface area contributed by atoms with E-state index in [0.29, 0.717) is 23.0 Å². The van der Waals surface area contributed by atoms with E-state index in [2.05, 4.69) is 28.8 Å². The van der Waals surface area contributed by atoms with Crippen LogP contribution in [-0.2, 0) is 9.53 Å². The molecule has 5 heteroatoms. The highest BCUT2D eigenvalue weighted by Crippen LogP contribution is 2.33. The smallest absolute Gasteiger partial charge is 0.338 e. The van der Waals surface area contributed by atoms with Gasteiger partial charge >= 0.3 is 5.97 Å². The molecule has 2 aromatic carbocycles. The minimum absolute atomic E-state index is 0.314. The maximum absolute atomic E-state index is 12.9. The molecular formula is C21H22N2O2S. The predicted molar refractivity (Wildman–Crippen MR) is 108 cm³/mol. The monoisotopic (exact) mass is 366 g/mol. The van der Waals surface area contributed by atoms with Crippen molar-refractivity contribution in [3.8, 4) is 0 Å². The summed E-state index contributed by atoms with van der Waals surface area (Å²) in [5.74, 6) is -0.347. The Hall–Kier alpha value is -2.66. The minimum atomic E-state index is -0.363. The van der Waals surface area contributed by atoms with E-state index in [1.54, 1.807) is 0 Å². The molecule has 4 nitrogen and oxygen atoms in total. The van der Waals surface area contributed by atoms with Crippen LogP contribution in [-0.4, -0.2) is 17.7 Å². The maximum atomic E-state index is 12.9. The van der Waals surface area contributed by atoms with Crippen LogP contribution in [0.15, 0.2) is 54.1 Å². The number of carbonyl (C=O) groups is 1. The molecule has 0 radical (unpaired) electrons. The van der Waals surface area contributed by atoms with Crippen LogP contribution in [0.3, 0.4) is 0 Å². The molecular weight excluding hydrogens is 344 g/mol. The molecule has 26 heavy (non-hydrogen) atoms. The first-order valence-corrected chi connectivity index (χ1v) is 9.03. The van der Waals surface area contributed by atoms with E-state index in [4.69, 9.17) is 17.0 Å². The fourth-order valence-electron chi connectivity index (χ4n) is 3.13. The van der Waals surface area contributed by atoms with Crippen molar-refractivity contribution in [2.24, 2.45) is 0 Å². The van der Waals surface area contributed by atoms with Crippen molar-refractivity contribution in [1.82, 2.24) is 10.6 Å². The van der Waals surface area contributed by atoms with E-state index < -0.39 is 0 Å². The molecule has 0 spiro atoms. The minimum Gasteiger partial charge on any atom is -0.463 e. The molecule has 134 valence electrons. The fourth-order valence-corrected chi connectivity index (χ4v) is 3.35. The van der Waals surface area contributed by atoms with E-state index >= 15 is 0 Å². The van der Waals surface area contributed by atoms with Crippen molar-refractivity contribution in [2.45, 2.75) is 26.8 Å². The molecule has 0 aromatic heterocycles. The summed E-state index contributed by atoms with van der Waals surface area (Å²) >= 11 is 5.43. The molecule has 1 aliphatic rings. The first-order chi connectivity index (χ1) is 12.5. The zero-order valence-electron chi connectivity index (χ0n) is 15.1. The first-order valence-electron chi connectivity index (χ1n) is 8.62. The second-order valence-electron chi connectivity index (χ2n) is 6.27. The summed E-state index contributed by atoms with van der Waals surface area (Å²) in [7, 11) is 0. The number of hydrogen-bond donors (Lipinski definition) is 2. The van der Waals surface area contributed by atoms with Gasteiger partial charge < -0.3 is 15.4 Å². The van der Waals surface area contributed by atoms with E-state index in [1.165, 1.54) is 0 Å². The molecule has 0 amide bonds. The lowest BCUT2D eigenvalue weighted by atomic mass is 9.89. The third kappa shape index (κ3) is 3.63. The van der Waals surface area contributed by atoms with Gasteiger partial charge in [0.1, 0.15) is 0 Å². The number of benzene rings is 2. The summed E-state index contributed by atoms with van der Waals surface area (Å²) in [5.41, 5.74) is 5.37. The van der Waals surface area contributed by atoms with Crippen LogP contribution in [0.5, 0.6) is 0 Å².